The Kier molecular flexibility index (Phi) is 6.05. The smallest absolute Gasteiger partial charge is 0.307 e. The maximum absolute atomic E-state index is 12.2. The molecular formula is C12H14Cl2N2O3. The van der Waals surface area contributed by atoms with E-state index in [1.165, 1.54) is 24.3 Å². The first-order valence-corrected chi connectivity index (χ1v) is 6.42. The van der Waals surface area contributed by atoms with Gasteiger partial charge in [-0.2, -0.15) is 0 Å². The van der Waals surface area contributed by atoms with Crippen LogP contribution in [0, 0.1) is 0 Å². The summed E-state index contributed by atoms with van der Waals surface area (Å²) in [5, 5.41) is 0.368. The lowest BCUT2D eigenvalue weighted by Crippen LogP contribution is -2.33. The van der Waals surface area contributed by atoms with Crippen LogP contribution in [0.3, 0.4) is 0 Å². The van der Waals surface area contributed by atoms with Crippen molar-refractivity contribution >= 4 is 35.1 Å². The van der Waals surface area contributed by atoms with Gasteiger partial charge in [0.05, 0.1) is 24.1 Å². The van der Waals surface area contributed by atoms with Crippen LogP contribution in [0.2, 0.25) is 10.2 Å². The Morgan fingerprint density at radius 2 is 2.11 bits per heavy atom. The highest BCUT2D eigenvalue weighted by Gasteiger charge is 2.17. The van der Waals surface area contributed by atoms with Crippen molar-refractivity contribution in [2.45, 2.75) is 13.3 Å². The average molecular weight is 305 g/mol. The van der Waals surface area contributed by atoms with Crippen molar-refractivity contribution in [2.24, 2.45) is 0 Å². The molecular weight excluding hydrogens is 291 g/mol. The molecule has 1 rings (SSSR count). The number of hydrogen-bond acceptors (Lipinski definition) is 4. The van der Waals surface area contributed by atoms with Gasteiger partial charge < -0.3 is 9.64 Å². The van der Waals surface area contributed by atoms with Crippen molar-refractivity contribution in [1.29, 1.82) is 0 Å². The Hall–Kier alpha value is -1.33. The predicted octanol–water partition coefficient (Wildman–Crippen LogP) is 2.41. The van der Waals surface area contributed by atoms with E-state index in [-0.39, 0.29) is 35.0 Å². The summed E-state index contributed by atoms with van der Waals surface area (Å²) in [5.41, 5.74) is 0.334. The van der Waals surface area contributed by atoms with Gasteiger partial charge in [-0.15, -0.1) is 0 Å². The molecule has 1 amide bonds. The third-order valence-corrected chi connectivity index (χ3v) is 3.21. The molecule has 1 aromatic heterocycles. The normalized spacial score (nSPS) is 10.1. The second kappa shape index (κ2) is 7.31. The molecule has 0 N–H and O–H groups in total. The number of pyridine rings is 1. The van der Waals surface area contributed by atoms with E-state index in [0.717, 1.165) is 0 Å². The first-order valence-electron chi connectivity index (χ1n) is 5.66. The number of aromatic nitrogens is 1. The van der Waals surface area contributed by atoms with Crippen LogP contribution in [0.5, 0.6) is 0 Å². The predicted molar refractivity (Wildman–Crippen MR) is 72.5 cm³/mol. The zero-order chi connectivity index (χ0) is 14.4. The summed E-state index contributed by atoms with van der Waals surface area (Å²) in [4.78, 5) is 28.6. The molecule has 0 aliphatic rings. The van der Waals surface area contributed by atoms with Crippen LogP contribution in [-0.4, -0.2) is 42.0 Å². The van der Waals surface area contributed by atoms with Gasteiger partial charge in [-0.3, -0.25) is 9.59 Å². The first kappa shape index (κ1) is 15.7. The third kappa shape index (κ3) is 4.36. The number of hydrogen-bond donors (Lipinski definition) is 0. The van der Waals surface area contributed by atoms with Gasteiger partial charge in [0, 0.05) is 19.3 Å². The number of ether oxygens (including phenoxy) is 1. The van der Waals surface area contributed by atoms with Gasteiger partial charge in [0.25, 0.3) is 5.91 Å². The lowest BCUT2D eigenvalue weighted by molar-refractivity contribution is -0.140. The highest BCUT2D eigenvalue weighted by molar-refractivity contribution is 6.41. The van der Waals surface area contributed by atoms with Crippen molar-refractivity contribution in [3.05, 3.63) is 28.0 Å². The summed E-state index contributed by atoms with van der Waals surface area (Å²) >= 11 is 11.5. The summed E-state index contributed by atoms with van der Waals surface area (Å²) in [6, 6.07) is 1.46. The molecule has 0 saturated heterocycles. The monoisotopic (exact) mass is 304 g/mol. The largest absolute Gasteiger partial charge is 0.469 e. The van der Waals surface area contributed by atoms with Crippen LogP contribution in [0.4, 0.5) is 0 Å². The van der Waals surface area contributed by atoms with E-state index in [9.17, 15) is 9.59 Å². The zero-order valence-electron chi connectivity index (χ0n) is 10.7. The van der Waals surface area contributed by atoms with Crippen LogP contribution in [-0.2, 0) is 9.53 Å². The third-order valence-electron chi connectivity index (χ3n) is 2.53. The molecule has 0 aromatic carbocycles. The minimum absolute atomic E-state index is 0.144. The Morgan fingerprint density at radius 3 is 2.63 bits per heavy atom. The molecule has 104 valence electrons. The number of methoxy groups -OCH3 is 1. The maximum Gasteiger partial charge on any atom is 0.307 e. The van der Waals surface area contributed by atoms with Crippen molar-refractivity contribution in [1.82, 2.24) is 9.88 Å². The molecule has 7 heteroatoms. The second-order valence-corrected chi connectivity index (χ2v) is 4.47. The molecule has 0 unspecified atom stereocenters. The van der Waals surface area contributed by atoms with Gasteiger partial charge >= 0.3 is 5.97 Å². The zero-order valence-corrected chi connectivity index (χ0v) is 12.2. The molecule has 0 saturated carbocycles. The molecule has 0 atom stereocenters. The maximum atomic E-state index is 12.2. The summed E-state index contributed by atoms with van der Waals surface area (Å²) in [6.45, 7) is 2.57. The fourth-order valence-electron chi connectivity index (χ4n) is 1.45. The molecule has 19 heavy (non-hydrogen) atoms. The second-order valence-electron chi connectivity index (χ2n) is 3.71. The number of nitrogens with zero attached hydrogens (tertiary/aromatic N) is 2. The number of carbonyl (C=O) groups is 2. The lowest BCUT2D eigenvalue weighted by atomic mass is 10.2. The van der Waals surface area contributed by atoms with Crippen molar-refractivity contribution in [3.63, 3.8) is 0 Å². The molecule has 5 nitrogen and oxygen atoms in total. The van der Waals surface area contributed by atoms with Gasteiger partial charge in [-0.25, -0.2) is 4.98 Å². The van der Waals surface area contributed by atoms with Gasteiger partial charge in [0.15, 0.2) is 0 Å². The standard InChI is InChI=1S/C12H14Cl2N2O3/c1-3-16(5-4-10(17)19-2)12(18)8-6-9(13)11(14)15-7-8/h6-7H,3-5H2,1-2H3. The lowest BCUT2D eigenvalue weighted by Gasteiger charge is -2.20. The Balaban J connectivity index is 2.77. The average Bonchev–Trinajstić information content (AvgIpc) is 2.41. The SMILES string of the molecule is CCN(CCC(=O)OC)C(=O)c1cnc(Cl)c(Cl)c1. The Labute approximate surface area is 121 Å². The van der Waals surface area contributed by atoms with E-state index in [0.29, 0.717) is 12.1 Å². The van der Waals surface area contributed by atoms with E-state index >= 15 is 0 Å². The fourth-order valence-corrected chi connectivity index (χ4v) is 1.72. The molecule has 0 fully saturated rings. The van der Waals surface area contributed by atoms with Gasteiger partial charge in [0.2, 0.25) is 0 Å². The van der Waals surface area contributed by atoms with Crippen LogP contribution in [0.1, 0.15) is 23.7 Å². The van der Waals surface area contributed by atoms with Crippen molar-refractivity contribution < 1.29 is 14.3 Å². The fraction of sp³-hybridized carbons (Fsp3) is 0.417. The molecule has 1 aromatic rings. The summed E-state index contributed by atoms with van der Waals surface area (Å²) in [7, 11) is 1.31. The van der Waals surface area contributed by atoms with Crippen molar-refractivity contribution in [3.8, 4) is 0 Å². The molecule has 0 aliphatic heterocycles. The molecule has 0 spiro atoms. The van der Waals surface area contributed by atoms with Crippen LogP contribution in [0.15, 0.2) is 12.3 Å². The van der Waals surface area contributed by atoms with E-state index < -0.39 is 0 Å². The van der Waals surface area contributed by atoms with E-state index in [1.54, 1.807) is 0 Å². The number of esters is 1. The number of carbonyl (C=O) groups excluding carboxylic acids is 2. The van der Waals surface area contributed by atoms with Gasteiger partial charge in [-0.1, -0.05) is 23.2 Å². The van der Waals surface area contributed by atoms with E-state index in [1.807, 2.05) is 6.92 Å². The van der Waals surface area contributed by atoms with E-state index in [2.05, 4.69) is 9.72 Å². The molecule has 1 heterocycles. The minimum atomic E-state index is -0.362. The van der Waals surface area contributed by atoms with Crippen LogP contribution < -0.4 is 0 Å². The number of amides is 1. The minimum Gasteiger partial charge on any atom is -0.469 e. The van der Waals surface area contributed by atoms with Crippen molar-refractivity contribution in [2.75, 3.05) is 20.2 Å². The van der Waals surface area contributed by atoms with Gasteiger partial charge in [-0.05, 0) is 13.0 Å². The summed E-state index contributed by atoms with van der Waals surface area (Å²) in [5.74, 6) is -0.615. The Bertz CT molecular complexity index is 480. The van der Waals surface area contributed by atoms with E-state index in [4.69, 9.17) is 23.2 Å². The summed E-state index contributed by atoms with van der Waals surface area (Å²) < 4.78 is 4.54. The molecule has 0 bridgehead atoms. The topological polar surface area (TPSA) is 59.5 Å². The Morgan fingerprint density at radius 1 is 1.42 bits per heavy atom. The highest BCUT2D eigenvalue weighted by Crippen LogP contribution is 2.20. The molecule has 0 radical (unpaired) electrons. The highest BCUT2D eigenvalue weighted by atomic mass is 35.5. The summed E-state index contributed by atoms with van der Waals surface area (Å²) in [6.07, 6.45) is 1.50. The van der Waals surface area contributed by atoms with Crippen LogP contribution >= 0.6 is 23.2 Å². The number of rotatable bonds is 5. The first-order chi connectivity index (χ1) is 8.99. The quantitative estimate of drug-likeness (QED) is 0.619. The number of halogens is 2. The van der Waals surface area contributed by atoms with Gasteiger partial charge in [0.1, 0.15) is 5.15 Å². The molecule has 0 aliphatic carbocycles. The van der Waals surface area contributed by atoms with Crippen LogP contribution in [0.25, 0.3) is 0 Å².